The fraction of sp³-hybridized carbons (Fsp3) is 0.500. The zero-order valence-electron chi connectivity index (χ0n) is 19.6. The maximum atomic E-state index is 15.1. The molecule has 7 nitrogen and oxygen atoms in total. The summed E-state index contributed by atoms with van der Waals surface area (Å²) in [5, 5.41) is -0.537. The fourth-order valence-corrected chi connectivity index (χ4v) is 5.25. The van der Waals surface area contributed by atoms with E-state index in [2.05, 4.69) is 30.7 Å². The molecule has 1 aliphatic heterocycles. The second kappa shape index (κ2) is 9.52. The van der Waals surface area contributed by atoms with Gasteiger partial charge in [-0.15, -0.1) is 0 Å². The Hall–Kier alpha value is -2.08. The van der Waals surface area contributed by atoms with Crippen LogP contribution in [-0.4, -0.2) is 63.2 Å². The second-order valence-electron chi connectivity index (χ2n) is 9.37. The third-order valence-corrected chi connectivity index (χ3v) is 7.83. The smallest absolute Gasteiger partial charge is 0.268 e. The van der Waals surface area contributed by atoms with E-state index in [1.165, 1.54) is 6.07 Å². The molecular weight excluding hydrogens is 493 g/mol. The van der Waals surface area contributed by atoms with Crippen LogP contribution in [0.4, 0.5) is 24.7 Å². The summed E-state index contributed by atoms with van der Waals surface area (Å²) in [5.41, 5.74) is -0.695. The Morgan fingerprint density at radius 3 is 2.56 bits per heavy atom. The molecule has 1 fully saturated rings. The molecule has 0 radical (unpaired) electrons. The number of pyridine rings is 1. The van der Waals surface area contributed by atoms with Gasteiger partial charge in [0.1, 0.15) is 16.7 Å². The molecule has 1 aromatic heterocycles. The van der Waals surface area contributed by atoms with E-state index >= 15 is 4.39 Å². The van der Waals surface area contributed by atoms with Gasteiger partial charge in [0.25, 0.3) is 10.0 Å². The molecule has 1 unspecified atom stereocenters. The average Bonchev–Trinajstić information content (AvgIpc) is 3.14. The molecule has 2 heterocycles. The fourth-order valence-electron chi connectivity index (χ4n) is 3.78. The van der Waals surface area contributed by atoms with E-state index in [4.69, 9.17) is 16.3 Å². The molecule has 1 atom stereocenters. The predicted molar refractivity (Wildman–Crippen MR) is 125 cm³/mol. The molecule has 0 bridgehead atoms. The third-order valence-electron chi connectivity index (χ3n) is 6.08. The quantitative estimate of drug-likeness (QED) is 0.434. The van der Waals surface area contributed by atoms with Crippen LogP contribution in [0.5, 0.6) is 0 Å². The van der Waals surface area contributed by atoms with Gasteiger partial charge < -0.3 is 9.64 Å². The van der Waals surface area contributed by atoms with Crippen LogP contribution in [0, 0.1) is 17.6 Å². The van der Waals surface area contributed by atoms with E-state index in [1.54, 1.807) is 12.0 Å². The number of hydrogen-bond acceptors (Lipinski definition) is 6. The lowest BCUT2D eigenvalue weighted by atomic mass is 9.98. The number of sulfonamides is 1. The van der Waals surface area contributed by atoms with Gasteiger partial charge in [0.05, 0.1) is 11.3 Å². The number of halogens is 4. The molecule has 1 aromatic carbocycles. The number of ether oxygens (including phenoxy) is 1. The van der Waals surface area contributed by atoms with Crippen molar-refractivity contribution in [1.29, 1.82) is 0 Å². The molecule has 0 amide bonds. The van der Waals surface area contributed by atoms with E-state index in [0.29, 0.717) is 26.1 Å². The van der Waals surface area contributed by atoms with Gasteiger partial charge in [-0.1, -0.05) is 17.7 Å². The minimum Gasteiger partial charge on any atom is -0.375 e. The molecule has 1 N–H and O–H groups in total. The molecule has 3 rings (SSSR count). The van der Waals surface area contributed by atoms with E-state index in [1.807, 2.05) is 11.8 Å². The molecule has 1 aliphatic rings. The van der Waals surface area contributed by atoms with E-state index in [9.17, 15) is 17.2 Å². The van der Waals surface area contributed by atoms with Crippen LogP contribution in [0.25, 0.3) is 0 Å². The number of aromatic nitrogens is 1. The third kappa shape index (κ3) is 5.42. The lowest BCUT2D eigenvalue weighted by Gasteiger charge is -2.39. The minimum absolute atomic E-state index is 0.0248. The van der Waals surface area contributed by atoms with Crippen LogP contribution < -0.4 is 9.62 Å². The summed E-state index contributed by atoms with van der Waals surface area (Å²) in [4.78, 5) is 5.89. The number of anilines is 2. The van der Waals surface area contributed by atoms with Crippen molar-refractivity contribution in [2.24, 2.45) is 0 Å². The Morgan fingerprint density at radius 1 is 1.29 bits per heavy atom. The number of nitrogens with zero attached hydrogens (tertiary/aromatic N) is 3. The van der Waals surface area contributed by atoms with Crippen LogP contribution in [0.15, 0.2) is 29.2 Å². The standard InChI is InChI=1S/C22H28ClF3N4O3S/c1-21(2,3)29(4)12-22(33-5)9-10-30(13-22)15-11-14(24)20(19(26)18(15)23)34(31,32)28-17-8-6-7-16(25)27-17/h6-8,11H,9-10,12-13H2,1-5H3,(H,27,28). The van der Waals surface area contributed by atoms with Gasteiger partial charge in [0, 0.05) is 38.3 Å². The first-order chi connectivity index (χ1) is 15.7. The minimum atomic E-state index is -4.78. The first-order valence-electron chi connectivity index (χ1n) is 10.5. The number of likely N-dealkylation sites (N-methyl/N-ethyl adjacent to an activating group) is 1. The summed E-state index contributed by atoms with van der Waals surface area (Å²) < 4.78 is 76.4. The van der Waals surface area contributed by atoms with Crippen LogP contribution in [0.1, 0.15) is 27.2 Å². The highest BCUT2D eigenvalue weighted by atomic mass is 35.5. The second-order valence-corrected chi connectivity index (χ2v) is 11.4. The number of hydrogen-bond donors (Lipinski definition) is 1. The zero-order valence-corrected chi connectivity index (χ0v) is 21.2. The van der Waals surface area contributed by atoms with Gasteiger partial charge in [-0.05, 0) is 46.4 Å². The van der Waals surface area contributed by atoms with Crippen molar-refractivity contribution < 1.29 is 26.3 Å². The zero-order chi connectivity index (χ0) is 25.5. The topological polar surface area (TPSA) is 74.8 Å². The maximum Gasteiger partial charge on any atom is 0.268 e. The summed E-state index contributed by atoms with van der Waals surface area (Å²) in [7, 11) is -1.22. The molecular formula is C22H28ClF3N4O3S. The molecule has 0 aliphatic carbocycles. The van der Waals surface area contributed by atoms with Crippen molar-refractivity contribution in [2.75, 3.05) is 43.4 Å². The van der Waals surface area contributed by atoms with Gasteiger partial charge in [0.2, 0.25) is 5.95 Å². The van der Waals surface area contributed by atoms with Gasteiger partial charge >= 0.3 is 0 Å². The summed E-state index contributed by atoms with van der Waals surface area (Å²) in [5.74, 6) is -4.15. The number of methoxy groups -OCH3 is 1. The number of nitrogens with one attached hydrogen (secondary N) is 1. The molecule has 34 heavy (non-hydrogen) atoms. The number of rotatable bonds is 7. The van der Waals surface area contributed by atoms with Crippen LogP contribution in [0.2, 0.25) is 5.02 Å². The average molecular weight is 521 g/mol. The Labute approximate surface area is 202 Å². The Balaban J connectivity index is 1.91. The lowest BCUT2D eigenvalue weighted by molar-refractivity contribution is -0.0316. The van der Waals surface area contributed by atoms with Crippen molar-refractivity contribution in [3.8, 4) is 0 Å². The van der Waals surface area contributed by atoms with Crippen LogP contribution in [0.3, 0.4) is 0 Å². The van der Waals surface area contributed by atoms with Crippen LogP contribution >= 0.6 is 11.6 Å². The summed E-state index contributed by atoms with van der Waals surface area (Å²) in [6.45, 7) is 7.48. The highest BCUT2D eigenvalue weighted by molar-refractivity contribution is 7.92. The molecule has 2 aromatic rings. The van der Waals surface area contributed by atoms with E-state index in [-0.39, 0.29) is 11.2 Å². The Bertz CT molecular complexity index is 1180. The van der Waals surface area contributed by atoms with Gasteiger partial charge in [-0.3, -0.25) is 9.62 Å². The highest BCUT2D eigenvalue weighted by Gasteiger charge is 2.42. The van der Waals surface area contributed by atoms with Crippen molar-refractivity contribution >= 4 is 33.1 Å². The first kappa shape index (κ1) is 26.5. The monoisotopic (exact) mass is 520 g/mol. The van der Waals surface area contributed by atoms with Gasteiger partial charge in [0.15, 0.2) is 10.7 Å². The summed E-state index contributed by atoms with van der Waals surface area (Å²) in [6, 6.07) is 4.24. The molecule has 188 valence electrons. The maximum absolute atomic E-state index is 15.1. The Morgan fingerprint density at radius 2 is 1.97 bits per heavy atom. The molecule has 0 saturated carbocycles. The van der Waals surface area contributed by atoms with Crippen LogP contribution in [-0.2, 0) is 14.8 Å². The summed E-state index contributed by atoms with van der Waals surface area (Å²) >= 11 is 6.20. The van der Waals surface area contributed by atoms with E-state index in [0.717, 1.165) is 18.2 Å². The Kier molecular flexibility index (Phi) is 7.43. The SMILES string of the molecule is COC1(CN(C)C(C)(C)C)CCN(c2cc(F)c(S(=O)(=O)Nc3cccc(F)n3)c(F)c2Cl)C1. The van der Waals surface area contributed by atoms with Crippen molar-refractivity contribution in [3.63, 3.8) is 0 Å². The number of benzene rings is 1. The van der Waals surface area contributed by atoms with Crippen molar-refractivity contribution in [3.05, 3.63) is 46.9 Å². The van der Waals surface area contributed by atoms with Crippen molar-refractivity contribution in [1.82, 2.24) is 9.88 Å². The van der Waals surface area contributed by atoms with E-state index < -0.39 is 48.9 Å². The first-order valence-corrected chi connectivity index (χ1v) is 12.4. The molecule has 1 saturated heterocycles. The predicted octanol–water partition coefficient (Wildman–Crippen LogP) is 4.28. The van der Waals surface area contributed by atoms with Crippen molar-refractivity contribution in [2.45, 2.75) is 43.2 Å². The van der Waals surface area contributed by atoms with Gasteiger partial charge in [-0.25, -0.2) is 22.2 Å². The highest BCUT2D eigenvalue weighted by Crippen LogP contribution is 2.39. The lowest BCUT2D eigenvalue weighted by Crippen LogP contribution is -2.51. The van der Waals surface area contributed by atoms with Gasteiger partial charge in [-0.2, -0.15) is 4.39 Å². The molecule has 0 spiro atoms. The normalized spacial score (nSPS) is 19.2. The summed E-state index contributed by atoms with van der Waals surface area (Å²) in [6.07, 6.45) is 0.580. The molecule has 12 heteroatoms. The largest absolute Gasteiger partial charge is 0.375 e.